The van der Waals surface area contributed by atoms with Crippen molar-refractivity contribution in [1.82, 2.24) is 0 Å². The van der Waals surface area contributed by atoms with Crippen molar-refractivity contribution in [1.29, 1.82) is 0 Å². The molecule has 0 amide bonds. The van der Waals surface area contributed by atoms with Crippen LogP contribution >= 0.6 is 0 Å². The molecule has 0 spiro atoms. The van der Waals surface area contributed by atoms with Crippen molar-refractivity contribution in [2.45, 2.75) is 19.8 Å². The number of hydrogen-bond donors (Lipinski definition) is 2. The molecule has 0 saturated heterocycles. The maximum Gasteiger partial charge on any atom is 0.185 e. The lowest BCUT2D eigenvalue weighted by Gasteiger charge is -1.99. The summed E-state index contributed by atoms with van der Waals surface area (Å²) in [4.78, 5) is 3.81. The van der Waals surface area contributed by atoms with E-state index in [-0.39, 0.29) is 5.96 Å². The van der Waals surface area contributed by atoms with E-state index >= 15 is 0 Å². The molecular weight excluding hydrogens is 142 g/mol. The number of ether oxygens (including phenoxy) is 1. The molecule has 0 aromatic carbocycles. The number of aliphatic imine (C=N–C) groups is 1. The van der Waals surface area contributed by atoms with E-state index in [1.165, 1.54) is 0 Å². The van der Waals surface area contributed by atoms with Crippen LogP contribution in [-0.4, -0.2) is 25.7 Å². The van der Waals surface area contributed by atoms with E-state index in [0.29, 0.717) is 6.54 Å². The van der Waals surface area contributed by atoms with Gasteiger partial charge in [-0.2, -0.15) is 0 Å². The minimum Gasteiger partial charge on any atom is -0.381 e. The number of nitrogens with zero attached hydrogens (tertiary/aromatic N) is 1. The molecule has 11 heavy (non-hydrogen) atoms. The summed E-state index contributed by atoms with van der Waals surface area (Å²) in [5.41, 5.74) is 10.2. The maximum atomic E-state index is 5.21. The molecule has 4 N–H and O–H groups in total. The van der Waals surface area contributed by atoms with Crippen LogP contribution in [-0.2, 0) is 4.74 Å². The first kappa shape index (κ1) is 10.2. The van der Waals surface area contributed by atoms with Gasteiger partial charge in [-0.3, -0.25) is 4.99 Å². The Labute approximate surface area is 67.6 Å². The van der Waals surface area contributed by atoms with Gasteiger partial charge in [-0.1, -0.05) is 6.92 Å². The fourth-order valence-electron chi connectivity index (χ4n) is 0.621. The number of nitrogens with two attached hydrogens (primary N) is 2. The quantitative estimate of drug-likeness (QED) is 0.327. The third kappa shape index (κ3) is 9.23. The van der Waals surface area contributed by atoms with Crippen LogP contribution in [0.1, 0.15) is 19.8 Å². The zero-order valence-electron chi connectivity index (χ0n) is 7.05. The van der Waals surface area contributed by atoms with Gasteiger partial charge in [0.15, 0.2) is 5.96 Å². The van der Waals surface area contributed by atoms with Crippen LogP contribution in [0.5, 0.6) is 0 Å². The molecule has 66 valence electrons. The van der Waals surface area contributed by atoms with Crippen molar-refractivity contribution in [3.8, 4) is 0 Å². The Morgan fingerprint density at radius 3 is 2.64 bits per heavy atom. The Bertz CT molecular complexity index is 110. The van der Waals surface area contributed by atoms with Crippen LogP contribution < -0.4 is 11.5 Å². The highest BCUT2D eigenvalue weighted by molar-refractivity contribution is 5.75. The Kier molecular flexibility index (Phi) is 6.82. The standard InChI is InChI=1S/C7H17N3O/c1-2-5-11-6-3-4-10-7(8)9/h2-6H2,1H3,(H4,8,9,10). The van der Waals surface area contributed by atoms with Crippen molar-refractivity contribution in [2.75, 3.05) is 19.8 Å². The number of hydrogen-bond acceptors (Lipinski definition) is 2. The van der Waals surface area contributed by atoms with Crippen LogP contribution in [0.2, 0.25) is 0 Å². The average Bonchev–Trinajstić information content (AvgIpc) is 1.96. The van der Waals surface area contributed by atoms with Crippen molar-refractivity contribution < 1.29 is 4.74 Å². The molecule has 4 heteroatoms. The third-order valence-electron chi connectivity index (χ3n) is 1.09. The molecule has 0 atom stereocenters. The van der Waals surface area contributed by atoms with Crippen molar-refractivity contribution in [3.63, 3.8) is 0 Å². The molecule has 4 nitrogen and oxygen atoms in total. The van der Waals surface area contributed by atoms with Gasteiger partial charge in [0.2, 0.25) is 0 Å². The van der Waals surface area contributed by atoms with Crippen molar-refractivity contribution in [3.05, 3.63) is 0 Å². The van der Waals surface area contributed by atoms with E-state index in [2.05, 4.69) is 11.9 Å². The SMILES string of the molecule is CCCOCCCN=C(N)N. The van der Waals surface area contributed by atoms with Gasteiger partial charge < -0.3 is 16.2 Å². The molecule has 0 rings (SSSR count). The summed E-state index contributed by atoms with van der Waals surface area (Å²) in [5.74, 6) is 0.153. The zero-order chi connectivity index (χ0) is 8.53. The topological polar surface area (TPSA) is 73.6 Å². The summed E-state index contributed by atoms with van der Waals surface area (Å²) in [7, 11) is 0. The fourth-order valence-corrected chi connectivity index (χ4v) is 0.621. The highest BCUT2D eigenvalue weighted by atomic mass is 16.5. The second-order valence-corrected chi connectivity index (χ2v) is 2.27. The van der Waals surface area contributed by atoms with Gasteiger partial charge in [-0.05, 0) is 12.8 Å². The second-order valence-electron chi connectivity index (χ2n) is 2.27. The van der Waals surface area contributed by atoms with Gasteiger partial charge in [0.1, 0.15) is 0 Å². The molecule has 0 bridgehead atoms. The minimum atomic E-state index is 0.153. The van der Waals surface area contributed by atoms with E-state index in [1.54, 1.807) is 0 Å². The van der Waals surface area contributed by atoms with Gasteiger partial charge >= 0.3 is 0 Å². The van der Waals surface area contributed by atoms with Gasteiger partial charge in [0.05, 0.1) is 0 Å². The molecule has 0 aromatic rings. The summed E-state index contributed by atoms with van der Waals surface area (Å²) in [5, 5.41) is 0. The Morgan fingerprint density at radius 2 is 2.09 bits per heavy atom. The highest BCUT2D eigenvalue weighted by Crippen LogP contribution is 1.85. The molecule has 0 aliphatic rings. The largest absolute Gasteiger partial charge is 0.381 e. The van der Waals surface area contributed by atoms with E-state index in [1.807, 2.05) is 0 Å². The zero-order valence-corrected chi connectivity index (χ0v) is 7.05. The molecule has 0 aliphatic heterocycles. The predicted molar refractivity (Wildman–Crippen MR) is 46.4 cm³/mol. The molecule has 0 unspecified atom stereocenters. The Balaban J connectivity index is 2.97. The van der Waals surface area contributed by atoms with E-state index in [0.717, 1.165) is 26.1 Å². The van der Waals surface area contributed by atoms with Crippen LogP contribution in [0, 0.1) is 0 Å². The van der Waals surface area contributed by atoms with E-state index < -0.39 is 0 Å². The van der Waals surface area contributed by atoms with Crippen LogP contribution in [0.4, 0.5) is 0 Å². The third-order valence-corrected chi connectivity index (χ3v) is 1.09. The minimum absolute atomic E-state index is 0.153. The monoisotopic (exact) mass is 159 g/mol. The fraction of sp³-hybridized carbons (Fsp3) is 0.857. The summed E-state index contributed by atoms with van der Waals surface area (Å²) < 4.78 is 5.21. The molecule has 0 aromatic heterocycles. The lowest BCUT2D eigenvalue weighted by Crippen LogP contribution is -2.23. The maximum absolute atomic E-state index is 5.21. The normalized spacial score (nSPS) is 9.55. The highest BCUT2D eigenvalue weighted by Gasteiger charge is 1.86. The summed E-state index contributed by atoms with van der Waals surface area (Å²) in [6.45, 7) is 4.30. The van der Waals surface area contributed by atoms with Crippen LogP contribution in [0.25, 0.3) is 0 Å². The van der Waals surface area contributed by atoms with Gasteiger partial charge in [0.25, 0.3) is 0 Å². The molecule has 0 heterocycles. The van der Waals surface area contributed by atoms with Gasteiger partial charge in [-0.25, -0.2) is 0 Å². The molecule has 0 radical (unpaired) electrons. The summed E-state index contributed by atoms with van der Waals surface area (Å²) >= 11 is 0. The first-order valence-corrected chi connectivity index (χ1v) is 3.90. The summed E-state index contributed by atoms with van der Waals surface area (Å²) in [6.07, 6.45) is 1.94. The molecular formula is C7H17N3O. The smallest absolute Gasteiger partial charge is 0.185 e. The second kappa shape index (κ2) is 7.34. The molecule has 0 aliphatic carbocycles. The number of guanidine groups is 1. The van der Waals surface area contributed by atoms with E-state index in [4.69, 9.17) is 16.2 Å². The average molecular weight is 159 g/mol. The van der Waals surface area contributed by atoms with Crippen LogP contribution in [0.3, 0.4) is 0 Å². The van der Waals surface area contributed by atoms with Gasteiger partial charge in [0, 0.05) is 19.8 Å². The Morgan fingerprint density at radius 1 is 1.36 bits per heavy atom. The molecule has 0 fully saturated rings. The van der Waals surface area contributed by atoms with Gasteiger partial charge in [-0.15, -0.1) is 0 Å². The first-order chi connectivity index (χ1) is 5.27. The summed E-state index contributed by atoms with van der Waals surface area (Å²) in [6, 6.07) is 0. The molecule has 0 saturated carbocycles. The number of rotatable bonds is 6. The van der Waals surface area contributed by atoms with E-state index in [9.17, 15) is 0 Å². The lowest BCUT2D eigenvalue weighted by atomic mass is 10.4. The lowest BCUT2D eigenvalue weighted by molar-refractivity contribution is 0.134. The predicted octanol–water partition coefficient (Wildman–Crippen LogP) is 0.0765. The van der Waals surface area contributed by atoms with Crippen LogP contribution in [0.15, 0.2) is 4.99 Å². The Hall–Kier alpha value is -0.770. The van der Waals surface area contributed by atoms with Crippen molar-refractivity contribution in [2.24, 2.45) is 16.5 Å². The van der Waals surface area contributed by atoms with Crippen molar-refractivity contribution >= 4 is 5.96 Å². The first-order valence-electron chi connectivity index (χ1n) is 3.90.